The van der Waals surface area contributed by atoms with Crippen molar-refractivity contribution in [1.82, 2.24) is 0 Å². The molecular formula is C47H56Cl2SiZr-3. The Morgan fingerprint density at radius 2 is 0.902 bits per heavy atom. The molecule has 7 rings (SSSR count). The first kappa shape index (κ1) is 43.2. The predicted molar refractivity (Wildman–Crippen MR) is 228 cm³/mol. The summed E-state index contributed by atoms with van der Waals surface area (Å²) < 4.78 is 0. The summed E-state index contributed by atoms with van der Waals surface area (Å²) in [6, 6.07) is 40.2. The molecule has 3 radical (unpaired) electrons. The van der Waals surface area contributed by atoms with Crippen molar-refractivity contribution in [3.05, 3.63) is 138 Å². The van der Waals surface area contributed by atoms with Gasteiger partial charge in [0.2, 0.25) is 0 Å². The summed E-state index contributed by atoms with van der Waals surface area (Å²) >= 11 is -0.826. The Balaban J connectivity index is 0.000000214. The third-order valence-corrected chi connectivity index (χ3v) is 9.23. The fourth-order valence-corrected chi connectivity index (χ4v) is 6.47. The van der Waals surface area contributed by atoms with Gasteiger partial charge >= 0.3 is 37.9 Å². The first-order valence-corrected chi connectivity index (χ1v) is 25.5. The van der Waals surface area contributed by atoms with Crippen molar-refractivity contribution in [2.75, 3.05) is 0 Å². The second-order valence-electron chi connectivity index (χ2n) is 15.3. The Morgan fingerprint density at radius 3 is 1.18 bits per heavy atom. The number of rotatable bonds is 2. The molecule has 0 unspecified atom stereocenters. The van der Waals surface area contributed by atoms with Crippen LogP contribution in [-0.4, -0.2) is 10.2 Å². The van der Waals surface area contributed by atoms with Gasteiger partial charge in [-0.05, 0) is 33.1 Å². The molecule has 4 heteroatoms. The summed E-state index contributed by atoms with van der Waals surface area (Å²) in [4.78, 5) is 0. The Labute approximate surface area is 332 Å². The van der Waals surface area contributed by atoms with Gasteiger partial charge in [0.15, 0.2) is 0 Å². The van der Waals surface area contributed by atoms with Crippen molar-refractivity contribution < 1.29 is 20.8 Å². The van der Waals surface area contributed by atoms with Gasteiger partial charge in [-0.2, -0.15) is 25.0 Å². The summed E-state index contributed by atoms with van der Waals surface area (Å²) in [5.41, 5.74) is 11.1. The Bertz CT molecular complexity index is 1730. The van der Waals surface area contributed by atoms with Gasteiger partial charge in [-0.25, -0.2) is 0 Å². The van der Waals surface area contributed by atoms with Gasteiger partial charge < -0.3 is 6.42 Å². The van der Waals surface area contributed by atoms with Crippen LogP contribution in [-0.2, 0) is 31.7 Å². The second kappa shape index (κ2) is 20.9. The van der Waals surface area contributed by atoms with E-state index in [4.69, 9.17) is 17.0 Å². The molecule has 0 aliphatic heterocycles. The summed E-state index contributed by atoms with van der Waals surface area (Å²) in [5.74, 6) is 0. The number of hydrogen-bond donors (Lipinski definition) is 0. The molecule has 0 bridgehead atoms. The van der Waals surface area contributed by atoms with Crippen LogP contribution in [0.25, 0.3) is 43.8 Å². The first-order valence-electron chi connectivity index (χ1n) is 18.1. The normalized spacial score (nSPS) is 12.6. The molecule has 0 amide bonds. The van der Waals surface area contributed by atoms with Crippen LogP contribution in [0.4, 0.5) is 0 Å². The first-order chi connectivity index (χ1) is 24.3. The zero-order chi connectivity index (χ0) is 37.6. The van der Waals surface area contributed by atoms with Crippen molar-refractivity contribution in [2.24, 2.45) is 0 Å². The molecule has 0 atom stereocenters. The minimum absolute atomic E-state index is 0.210. The van der Waals surface area contributed by atoms with Crippen LogP contribution in [0.1, 0.15) is 95.9 Å². The van der Waals surface area contributed by atoms with E-state index in [0.29, 0.717) is 0 Å². The molecule has 269 valence electrons. The van der Waals surface area contributed by atoms with E-state index in [1.807, 2.05) is 0 Å². The fraction of sp³-hybridized carbons (Fsp3) is 0.340. The fourth-order valence-electron chi connectivity index (χ4n) is 6.47. The van der Waals surface area contributed by atoms with Gasteiger partial charge in [0.25, 0.3) is 0 Å². The van der Waals surface area contributed by atoms with Gasteiger partial charge in [-0.3, -0.25) is 0 Å². The zero-order valence-corrected chi connectivity index (χ0v) is 37.2. The van der Waals surface area contributed by atoms with Crippen LogP contribution < -0.4 is 0 Å². The molecular weight excluding hydrogens is 755 g/mol. The minimum atomic E-state index is -0.826. The second-order valence-corrected chi connectivity index (χ2v) is 19.1. The van der Waals surface area contributed by atoms with Crippen molar-refractivity contribution in [2.45, 2.75) is 105 Å². The number of halogens is 2. The van der Waals surface area contributed by atoms with Crippen LogP contribution in [0.5, 0.6) is 0 Å². The van der Waals surface area contributed by atoms with E-state index >= 15 is 0 Å². The Hall–Kier alpha value is -2.22. The average molecular weight is 811 g/mol. The Morgan fingerprint density at radius 1 is 0.549 bits per heavy atom. The monoisotopic (exact) mass is 808 g/mol. The van der Waals surface area contributed by atoms with Crippen molar-refractivity contribution in [1.29, 1.82) is 0 Å². The van der Waals surface area contributed by atoms with Crippen LogP contribution in [0.2, 0.25) is 6.55 Å². The van der Waals surface area contributed by atoms with E-state index in [2.05, 4.69) is 181 Å². The molecule has 0 aromatic heterocycles. The quantitative estimate of drug-likeness (QED) is 0.121. The average Bonchev–Trinajstić information content (AvgIpc) is 3.71. The van der Waals surface area contributed by atoms with E-state index in [-0.39, 0.29) is 10.8 Å². The van der Waals surface area contributed by atoms with E-state index in [9.17, 15) is 0 Å². The van der Waals surface area contributed by atoms with E-state index in [0.717, 1.165) is 0 Å². The number of fused-ring (bicyclic) bond motifs is 2. The molecule has 6 aromatic rings. The third kappa shape index (κ3) is 13.0. The number of aryl methyl sites for hydroxylation is 2. The molecule has 0 N–H and O–H groups in total. The maximum atomic E-state index is 4.93. The van der Waals surface area contributed by atoms with Crippen molar-refractivity contribution >= 4 is 48.8 Å². The summed E-state index contributed by atoms with van der Waals surface area (Å²) in [7, 11) is 12.8. The molecule has 0 nitrogen and oxygen atoms in total. The Kier molecular flexibility index (Phi) is 17.7. The van der Waals surface area contributed by atoms with Crippen LogP contribution in [0, 0.1) is 20.3 Å². The van der Waals surface area contributed by atoms with Gasteiger partial charge in [-0.15, -0.1) is 69.1 Å². The van der Waals surface area contributed by atoms with Crippen LogP contribution in [0.3, 0.4) is 0 Å². The summed E-state index contributed by atoms with van der Waals surface area (Å²) in [6.45, 7) is 19.6. The van der Waals surface area contributed by atoms with Gasteiger partial charge in [0.1, 0.15) is 0 Å². The molecule has 6 aromatic carbocycles. The number of benzene rings is 4. The number of hydrogen-bond acceptors (Lipinski definition) is 0. The maximum absolute atomic E-state index is 4.93. The van der Waals surface area contributed by atoms with Crippen LogP contribution in [0.15, 0.2) is 109 Å². The standard InChI is InChI=1S/2C20H21.C6H11.CH3Si.2ClH.Zr/c2*1-14-12-16-6-5-7-18(19(16)13-14)15-8-10-17(11-9-15)20(2,3)4;1-2-4-6-5-3-1;1-2;;;/h2*5-13H,1-4H3;1H,2-6H2;1H3;2*1H;/q3*-1;;;;+2/p-2. The predicted octanol–water partition coefficient (Wildman–Crippen LogP) is 15.4. The van der Waals surface area contributed by atoms with Gasteiger partial charge in [0.05, 0.1) is 0 Å². The molecule has 0 heterocycles. The van der Waals surface area contributed by atoms with Crippen molar-refractivity contribution in [3.8, 4) is 22.3 Å². The molecule has 1 aliphatic rings. The van der Waals surface area contributed by atoms with Crippen LogP contribution >= 0.6 is 17.0 Å². The van der Waals surface area contributed by atoms with Gasteiger partial charge in [-0.1, -0.05) is 153 Å². The van der Waals surface area contributed by atoms with E-state index in [1.54, 1.807) is 6.55 Å². The molecule has 0 saturated heterocycles. The van der Waals surface area contributed by atoms with Gasteiger partial charge in [0, 0.05) is 10.2 Å². The van der Waals surface area contributed by atoms with Crippen molar-refractivity contribution in [3.63, 3.8) is 0 Å². The molecule has 1 aliphatic carbocycles. The summed E-state index contributed by atoms with van der Waals surface area (Å²) in [6.07, 6.45) is 9.50. The SMILES string of the molecule is C[Si].Cc1cc2c(-c3ccc(C(C)(C)C)cc3)cccc2[cH-]1.Cc1cc2c(-c3ccc(C(C)(C)C)cc3)cccc2[cH-]1.[CH-]1CCCCC1.[Cl][Zr][Cl]. The topological polar surface area (TPSA) is 0 Å². The molecule has 0 spiro atoms. The van der Waals surface area contributed by atoms with E-state index in [1.165, 1.54) is 98.2 Å². The molecule has 1 fully saturated rings. The zero-order valence-electron chi connectivity index (χ0n) is 32.3. The van der Waals surface area contributed by atoms with E-state index < -0.39 is 20.8 Å². The molecule has 51 heavy (non-hydrogen) atoms. The summed E-state index contributed by atoms with van der Waals surface area (Å²) in [5, 5.41) is 5.38. The third-order valence-electron chi connectivity index (χ3n) is 9.23. The molecule has 1 saturated carbocycles.